The van der Waals surface area contributed by atoms with E-state index in [4.69, 9.17) is 4.74 Å². The van der Waals surface area contributed by atoms with Crippen molar-refractivity contribution in [3.63, 3.8) is 0 Å². The highest BCUT2D eigenvalue weighted by atomic mass is 16.5. The molecule has 0 aromatic heterocycles. The summed E-state index contributed by atoms with van der Waals surface area (Å²) >= 11 is 0. The molecule has 0 aliphatic carbocycles. The van der Waals surface area contributed by atoms with E-state index in [1.54, 1.807) is 0 Å². The predicted octanol–water partition coefficient (Wildman–Crippen LogP) is 3.21. The van der Waals surface area contributed by atoms with Crippen molar-refractivity contribution in [2.75, 3.05) is 26.2 Å². The Morgan fingerprint density at radius 3 is 2.86 bits per heavy atom. The van der Waals surface area contributed by atoms with Crippen LogP contribution < -0.4 is 10.1 Å². The van der Waals surface area contributed by atoms with E-state index < -0.39 is 0 Å². The number of carbonyl (C=O) groups excluding carboxylic acids is 1. The summed E-state index contributed by atoms with van der Waals surface area (Å²) in [5.74, 6) is 1.51. The molecule has 2 rings (SSSR count). The van der Waals surface area contributed by atoms with Gasteiger partial charge < -0.3 is 15.0 Å². The van der Waals surface area contributed by atoms with Gasteiger partial charge in [-0.05, 0) is 44.2 Å². The summed E-state index contributed by atoms with van der Waals surface area (Å²) in [4.78, 5) is 13.9. The maximum absolute atomic E-state index is 12.0. The van der Waals surface area contributed by atoms with Crippen LogP contribution in [0.25, 0.3) is 0 Å². The number of amides is 2. The van der Waals surface area contributed by atoms with Gasteiger partial charge in [0.25, 0.3) is 0 Å². The van der Waals surface area contributed by atoms with Crippen LogP contribution in [0, 0.1) is 12.8 Å². The van der Waals surface area contributed by atoms with Crippen LogP contribution in [0.5, 0.6) is 5.75 Å². The monoisotopic (exact) mass is 290 g/mol. The second-order valence-corrected chi connectivity index (χ2v) is 5.94. The molecular weight excluding hydrogens is 264 g/mol. The predicted molar refractivity (Wildman–Crippen MR) is 84.7 cm³/mol. The van der Waals surface area contributed by atoms with E-state index in [1.165, 1.54) is 12.0 Å². The Balaban J connectivity index is 1.59. The van der Waals surface area contributed by atoms with Gasteiger partial charge in [-0.2, -0.15) is 0 Å². The molecular formula is C17H26N2O2. The fourth-order valence-corrected chi connectivity index (χ4v) is 2.58. The quantitative estimate of drug-likeness (QED) is 0.846. The van der Waals surface area contributed by atoms with E-state index >= 15 is 0 Å². The first-order valence-corrected chi connectivity index (χ1v) is 7.87. The zero-order chi connectivity index (χ0) is 15.1. The number of ether oxygens (including phenoxy) is 1. The molecule has 21 heavy (non-hydrogen) atoms. The van der Waals surface area contributed by atoms with Gasteiger partial charge in [-0.3, -0.25) is 0 Å². The highest BCUT2D eigenvalue weighted by Gasteiger charge is 2.20. The second kappa shape index (κ2) is 7.91. The van der Waals surface area contributed by atoms with Crippen molar-refractivity contribution < 1.29 is 9.53 Å². The molecule has 0 saturated carbocycles. The fourth-order valence-electron chi connectivity index (χ4n) is 2.58. The van der Waals surface area contributed by atoms with Crippen LogP contribution in [0.2, 0.25) is 0 Å². The van der Waals surface area contributed by atoms with Gasteiger partial charge in [-0.15, -0.1) is 0 Å². The number of piperidine rings is 1. The number of rotatable bonds is 5. The molecule has 4 heteroatoms. The van der Waals surface area contributed by atoms with E-state index in [0.29, 0.717) is 19.1 Å². The molecule has 0 bridgehead atoms. The SMILES string of the molecule is Cc1ccc(OCCCNC(=O)N2CCCC(C)C2)cc1. The normalized spacial score (nSPS) is 18.4. The zero-order valence-corrected chi connectivity index (χ0v) is 13.1. The van der Waals surface area contributed by atoms with Crippen molar-refractivity contribution in [2.24, 2.45) is 5.92 Å². The van der Waals surface area contributed by atoms with Gasteiger partial charge in [-0.1, -0.05) is 24.6 Å². The molecule has 1 heterocycles. The maximum Gasteiger partial charge on any atom is 0.317 e. The first kappa shape index (κ1) is 15.7. The minimum absolute atomic E-state index is 0.0666. The third-order valence-corrected chi connectivity index (χ3v) is 3.83. The van der Waals surface area contributed by atoms with E-state index in [9.17, 15) is 4.79 Å². The number of hydrogen-bond acceptors (Lipinski definition) is 2. The Bertz CT molecular complexity index is 445. The van der Waals surface area contributed by atoms with Gasteiger partial charge >= 0.3 is 6.03 Å². The first-order valence-electron chi connectivity index (χ1n) is 7.87. The van der Waals surface area contributed by atoms with Gasteiger partial charge in [0.1, 0.15) is 5.75 Å². The maximum atomic E-state index is 12.0. The molecule has 0 radical (unpaired) electrons. The molecule has 1 aliphatic rings. The Hall–Kier alpha value is -1.71. The standard InChI is InChI=1S/C17H26N2O2/c1-14-6-8-16(9-7-14)21-12-4-10-18-17(20)19-11-3-5-15(2)13-19/h6-9,15H,3-5,10-13H2,1-2H3,(H,18,20). The smallest absolute Gasteiger partial charge is 0.317 e. The number of nitrogens with zero attached hydrogens (tertiary/aromatic N) is 1. The summed E-state index contributed by atoms with van der Waals surface area (Å²) in [6, 6.07) is 8.09. The summed E-state index contributed by atoms with van der Waals surface area (Å²) < 4.78 is 5.64. The molecule has 1 atom stereocenters. The molecule has 0 spiro atoms. The molecule has 1 aliphatic heterocycles. The lowest BCUT2D eigenvalue weighted by Crippen LogP contribution is -2.45. The number of benzene rings is 1. The van der Waals surface area contributed by atoms with Crippen molar-refractivity contribution in [3.05, 3.63) is 29.8 Å². The van der Waals surface area contributed by atoms with Crippen LogP contribution in [0.1, 0.15) is 31.7 Å². The molecule has 2 amide bonds. The zero-order valence-electron chi connectivity index (χ0n) is 13.1. The van der Waals surface area contributed by atoms with E-state index in [0.717, 1.165) is 31.7 Å². The van der Waals surface area contributed by atoms with Gasteiger partial charge in [-0.25, -0.2) is 4.79 Å². The average molecular weight is 290 g/mol. The topological polar surface area (TPSA) is 41.6 Å². The summed E-state index contributed by atoms with van der Waals surface area (Å²) in [5, 5.41) is 2.98. The Kier molecular flexibility index (Phi) is 5.90. The van der Waals surface area contributed by atoms with Gasteiger partial charge in [0, 0.05) is 19.6 Å². The fraction of sp³-hybridized carbons (Fsp3) is 0.588. The third kappa shape index (κ3) is 5.29. The van der Waals surface area contributed by atoms with Crippen LogP contribution in [0.3, 0.4) is 0 Å². The highest BCUT2D eigenvalue weighted by molar-refractivity contribution is 5.74. The van der Waals surface area contributed by atoms with Crippen molar-refractivity contribution in [1.29, 1.82) is 0 Å². The molecule has 1 aromatic carbocycles. The van der Waals surface area contributed by atoms with Crippen LogP contribution in [-0.2, 0) is 0 Å². The third-order valence-electron chi connectivity index (χ3n) is 3.83. The van der Waals surface area contributed by atoms with E-state index in [1.807, 2.05) is 29.2 Å². The van der Waals surface area contributed by atoms with Crippen LogP contribution >= 0.6 is 0 Å². The molecule has 1 N–H and O–H groups in total. The molecule has 116 valence electrons. The minimum Gasteiger partial charge on any atom is -0.494 e. The summed E-state index contributed by atoms with van der Waals surface area (Å²) in [6.07, 6.45) is 3.17. The Labute approximate surface area is 127 Å². The number of hydrogen-bond donors (Lipinski definition) is 1. The number of nitrogens with one attached hydrogen (secondary N) is 1. The van der Waals surface area contributed by atoms with Gasteiger partial charge in [0.15, 0.2) is 0 Å². The summed E-state index contributed by atoms with van der Waals surface area (Å²) in [7, 11) is 0. The molecule has 1 unspecified atom stereocenters. The number of urea groups is 1. The van der Waals surface area contributed by atoms with Crippen molar-refractivity contribution in [1.82, 2.24) is 10.2 Å². The number of aryl methyl sites for hydroxylation is 1. The van der Waals surface area contributed by atoms with Crippen molar-refractivity contribution >= 4 is 6.03 Å². The molecule has 4 nitrogen and oxygen atoms in total. The van der Waals surface area contributed by atoms with Crippen LogP contribution in [-0.4, -0.2) is 37.2 Å². The van der Waals surface area contributed by atoms with E-state index in [2.05, 4.69) is 19.2 Å². The molecule has 1 fully saturated rings. The second-order valence-electron chi connectivity index (χ2n) is 5.94. The minimum atomic E-state index is 0.0666. The Morgan fingerprint density at radius 1 is 1.38 bits per heavy atom. The molecule has 1 aromatic rings. The largest absolute Gasteiger partial charge is 0.494 e. The summed E-state index contributed by atoms with van der Waals surface area (Å²) in [6.45, 7) is 7.31. The first-order chi connectivity index (χ1) is 10.1. The van der Waals surface area contributed by atoms with Crippen LogP contribution in [0.15, 0.2) is 24.3 Å². The lowest BCUT2D eigenvalue weighted by molar-refractivity contribution is 0.169. The summed E-state index contributed by atoms with van der Waals surface area (Å²) in [5.41, 5.74) is 1.23. The van der Waals surface area contributed by atoms with Crippen molar-refractivity contribution in [3.8, 4) is 5.75 Å². The highest BCUT2D eigenvalue weighted by Crippen LogP contribution is 2.15. The average Bonchev–Trinajstić information content (AvgIpc) is 2.48. The lowest BCUT2D eigenvalue weighted by atomic mass is 10.0. The van der Waals surface area contributed by atoms with E-state index in [-0.39, 0.29) is 6.03 Å². The van der Waals surface area contributed by atoms with Gasteiger partial charge in [0.2, 0.25) is 0 Å². The van der Waals surface area contributed by atoms with Gasteiger partial charge in [0.05, 0.1) is 6.61 Å². The molecule has 1 saturated heterocycles. The Morgan fingerprint density at radius 2 is 2.14 bits per heavy atom. The van der Waals surface area contributed by atoms with Crippen molar-refractivity contribution in [2.45, 2.75) is 33.1 Å². The number of likely N-dealkylation sites (tertiary alicyclic amines) is 1. The lowest BCUT2D eigenvalue weighted by Gasteiger charge is -2.30. The number of carbonyl (C=O) groups is 1. The van der Waals surface area contributed by atoms with Crippen LogP contribution in [0.4, 0.5) is 4.79 Å².